The number of aromatic nitrogens is 1. The van der Waals surface area contributed by atoms with E-state index < -0.39 is 22.7 Å². The molecule has 2 heterocycles. The van der Waals surface area contributed by atoms with E-state index in [4.69, 9.17) is 9.47 Å². The average molecular weight is 377 g/mol. The topological polar surface area (TPSA) is 80.8 Å². The third kappa shape index (κ3) is 6.12. The van der Waals surface area contributed by atoms with Gasteiger partial charge in [0.05, 0.1) is 5.69 Å². The highest BCUT2D eigenvalue weighted by atomic mass is 16.6. The Morgan fingerprint density at radius 3 is 2.37 bits per heavy atom. The molecule has 1 unspecified atom stereocenters. The summed E-state index contributed by atoms with van der Waals surface area (Å²) in [5, 5.41) is 2.85. The second kappa shape index (κ2) is 7.74. The smallest absolute Gasteiger partial charge is 0.410 e. The van der Waals surface area contributed by atoms with Crippen LogP contribution in [0.15, 0.2) is 24.4 Å². The highest BCUT2D eigenvalue weighted by molar-refractivity contribution is 5.69. The Morgan fingerprint density at radius 1 is 1.15 bits per heavy atom. The van der Waals surface area contributed by atoms with Gasteiger partial charge < -0.3 is 19.7 Å². The lowest BCUT2D eigenvalue weighted by atomic mass is 9.83. The van der Waals surface area contributed by atoms with Gasteiger partial charge in [-0.05, 0) is 60.1 Å². The Hall–Kier alpha value is -2.31. The van der Waals surface area contributed by atoms with Crippen LogP contribution in [0, 0.1) is 0 Å². The van der Waals surface area contributed by atoms with Crippen molar-refractivity contribution >= 4 is 12.2 Å². The second-order valence-corrected chi connectivity index (χ2v) is 9.00. The summed E-state index contributed by atoms with van der Waals surface area (Å²) in [4.78, 5) is 30.8. The van der Waals surface area contributed by atoms with Crippen LogP contribution in [0.1, 0.15) is 53.7 Å². The van der Waals surface area contributed by atoms with E-state index in [1.54, 1.807) is 11.1 Å². The van der Waals surface area contributed by atoms with Crippen molar-refractivity contribution < 1.29 is 19.1 Å². The number of pyridine rings is 1. The maximum Gasteiger partial charge on any atom is 0.410 e. The molecule has 2 rings (SSSR count). The fourth-order valence-electron chi connectivity index (χ4n) is 3.03. The van der Waals surface area contributed by atoms with Gasteiger partial charge in [-0.3, -0.25) is 4.98 Å². The Bertz CT molecular complexity index is 664. The maximum absolute atomic E-state index is 12.5. The summed E-state index contributed by atoms with van der Waals surface area (Å²) in [6.07, 6.45) is 1.57. The summed E-state index contributed by atoms with van der Waals surface area (Å²) in [6, 6.07) is 5.68. The SMILES string of the molecule is CC(C)(C)OC(=O)NCC1(c2ccccn2)CCN(C(=O)OC(C)(C)C)C1. The third-order valence-electron chi connectivity index (χ3n) is 4.18. The van der Waals surface area contributed by atoms with Crippen LogP contribution in [-0.4, -0.2) is 52.9 Å². The normalized spacial score (nSPS) is 20.3. The molecule has 2 amide bonds. The van der Waals surface area contributed by atoms with Gasteiger partial charge in [0, 0.05) is 31.2 Å². The van der Waals surface area contributed by atoms with Crippen molar-refractivity contribution in [2.75, 3.05) is 19.6 Å². The van der Waals surface area contributed by atoms with Crippen molar-refractivity contribution in [2.24, 2.45) is 0 Å². The molecule has 0 radical (unpaired) electrons. The molecule has 7 nitrogen and oxygen atoms in total. The van der Waals surface area contributed by atoms with E-state index >= 15 is 0 Å². The van der Waals surface area contributed by atoms with E-state index in [9.17, 15) is 9.59 Å². The number of ether oxygens (including phenoxy) is 2. The summed E-state index contributed by atoms with van der Waals surface area (Å²) >= 11 is 0. The molecular weight excluding hydrogens is 346 g/mol. The van der Waals surface area contributed by atoms with E-state index in [0.717, 1.165) is 5.69 Å². The van der Waals surface area contributed by atoms with Crippen molar-refractivity contribution in [1.82, 2.24) is 15.2 Å². The first kappa shape index (κ1) is 21.0. The van der Waals surface area contributed by atoms with Crippen LogP contribution in [0.5, 0.6) is 0 Å². The number of likely N-dealkylation sites (tertiary alicyclic amines) is 1. The number of carbonyl (C=O) groups is 2. The molecule has 1 fully saturated rings. The Kier molecular flexibility index (Phi) is 6.02. The maximum atomic E-state index is 12.5. The molecule has 1 N–H and O–H groups in total. The summed E-state index contributed by atoms with van der Waals surface area (Å²) in [7, 11) is 0. The number of nitrogens with zero attached hydrogens (tertiary/aromatic N) is 2. The van der Waals surface area contributed by atoms with Crippen LogP contribution in [-0.2, 0) is 14.9 Å². The van der Waals surface area contributed by atoms with Gasteiger partial charge in [0.15, 0.2) is 0 Å². The summed E-state index contributed by atoms with van der Waals surface area (Å²) < 4.78 is 10.8. The fraction of sp³-hybridized carbons (Fsp3) is 0.650. The van der Waals surface area contributed by atoms with Crippen LogP contribution in [0.3, 0.4) is 0 Å². The van der Waals surface area contributed by atoms with Gasteiger partial charge in [0.1, 0.15) is 11.2 Å². The van der Waals surface area contributed by atoms with Crippen molar-refractivity contribution in [3.63, 3.8) is 0 Å². The first-order valence-corrected chi connectivity index (χ1v) is 9.27. The molecule has 1 atom stereocenters. The number of carbonyl (C=O) groups excluding carboxylic acids is 2. The zero-order valence-electron chi connectivity index (χ0n) is 17.2. The summed E-state index contributed by atoms with van der Waals surface area (Å²) in [5.41, 5.74) is -0.760. The average Bonchev–Trinajstić information content (AvgIpc) is 2.97. The van der Waals surface area contributed by atoms with Crippen molar-refractivity contribution in [3.05, 3.63) is 30.1 Å². The molecule has 1 saturated heterocycles. The van der Waals surface area contributed by atoms with E-state index in [2.05, 4.69) is 10.3 Å². The lowest BCUT2D eigenvalue weighted by Crippen LogP contribution is -2.46. The summed E-state index contributed by atoms with van der Waals surface area (Å²) in [6.45, 7) is 12.3. The van der Waals surface area contributed by atoms with Gasteiger partial charge in [0.2, 0.25) is 0 Å². The minimum absolute atomic E-state index is 0.332. The van der Waals surface area contributed by atoms with Gasteiger partial charge in [-0.2, -0.15) is 0 Å². The predicted octanol–water partition coefficient (Wildman–Crippen LogP) is 3.48. The molecule has 0 aliphatic carbocycles. The van der Waals surface area contributed by atoms with Crippen LogP contribution >= 0.6 is 0 Å². The highest BCUT2D eigenvalue weighted by Gasteiger charge is 2.44. The molecule has 0 saturated carbocycles. The fourth-order valence-corrected chi connectivity index (χ4v) is 3.03. The van der Waals surface area contributed by atoms with Crippen LogP contribution in [0.2, 0.25) is 0 Å². The minimum Gasteiger partial charge on any atom is -0.444 e. The molecule has 150 valence electrons. The lowest BCUT2D eigenvalue weighted by molar-refractivity contribution is 0.0283. The number of amides is 2. The first-order valence-electron chi connectivity index (χ1n) is 9.27. The zero-order valence-corrected chi connectivity index (χ0v) is 17.2. The van der Waals surface area contributed by atoms with Gasteiger partial charge in [-0.15, -0.1) is 0 Å². The molecule has 27 heavy (non-hydrogen) atoms. The summed E-state index contributed by atoms with van der Waals surface area (Å²) in [5.74, 6) is 0. The number of hydrogen-bond acceptors (Lipinski definition) is 5. The quantitative estimate of drug-likeness (QED) is 0.872. The minimum atomic E-state index is -0.569. The Morgan fingerprint density at radius 2 is 1.81 bits per heavy atom. The molecule has 0 bridgehead atoms. The van der Waals surface area contributed by atoms with Crippen molar-refractivity contribution in [2.45, 2.75) is 64.6 Å². The largest absolute Gasteiger partial charge is 0.444 e. The van der Waals surface area contributed by atoms with E-state index in [0.29, 0.717) is 26.1 Å². The molecule has 1 aromatic rings. The molecule has 0 aromatic carbocycles. The second-order valence-electron chi connectivity index (χ2n) is 9.00. The molecule has 1 aliphatic rings. The molecule has 0 spiro atoms. The van der Waals surface area contributed by atoms with E-state index in [1.165, 1.54) is 0 Å². The molecule has 7 heteroatoms. The number of alkyl carbamates (subject to hydrolysis) is 1. The van der Waals surface area contributed by atoms with Gasteiger partial charge in [-0.1, -0.05) is 6.07 Å². The van der Waals surface area contributed by atoms with Crippen LogP contribution in [0.25, 0.3) is 0 Å². The van der Waals surface area contributed by atoms with Gasteiger partial charge in [0.25, 0.3) is 0 Å². The highest BCUT2D eigenvalue weighted by Crippen LogP contribution is 2.34. The van der Waals surface area contributed by atoms with Crippen LogP contribution in [0.4, 0.5) is 9.59 Å². The van der Waals surface area contributed by atoms with E-state index in [-0.39, 0.29) is 6.09 Å². The van der Waals surface area contributed by atoms with Gasteiger partial charge in [-0.25, -0.2) is 9.59 Å². The molecule has 1 aliphatic heterocycles. The first-order chi connectivity index (χ1) is 12.4. The Balaban J connectivity index is 2.14. The number of hydrogen-bond donors (Lipinski definition) is 1. The number of rotatable bonds is 3. The number of nitrogens with one attached hydrogen (secondary N) is 1. The van der Waals surface area contributed by atoms with Crippen molar-refractivity contribution in [3.8, 4) is 0 Å². The molecular formula is C20H31N3O4. The lowest BCUT2D eigenvalue weighted by Gasteiger charge is -2.30. The predicted molar refractivity (Wildman–Crippen MR) is 103 cm³/mol. The monoisotopic (exact) mass is 377 g/mol. The van der Waals surface area contributed by atoms with Gasteiger partial charge >= 0.3 is 12.2 Å². The van der Waals surface area contributed by atoms with Crippen LogP contribution < -0.4 is 5.32 Å². The van der Waals surface area contributed by atoms with E-state index in [1.807, 2.05) is 59.7 Å². The standard InChI is InChI=1S/C20H31N3O4/c1-18(2,3)26-16(24)22-13-20(15-9-7-8-11-21-15)10-12-23(14-20)17(25)27-19(4,5)6/h7-9,11H,10,12-14H2,1-6H3,(H,22,24). The molecule has 1 aromatic heterocycles. The zero-order chi connectivity index (χ0) is 20.3. The van der Waals surface area contributed by atoms with Crippen molar-refractivity contribution in [1.29, 1.82) is 0 Å². The third-order valence-corrected chi connectivity index (χ3v) is 4.18. The Labute approximate surface area is 161 Å².